The Morgan fingerprint density at radius 3 is 2.74 bits per heavy atom. The quantitative estimate of drug-likeness (QED) is 0.835. The number of rotatable bonds is 5. The van der Waals surface area contributed by atoms with Gasteiger partial charge in [-0.1, -0.05) is 19.1 Å². The van der Waals surface area contributed by atoms with Crippen molar-refractivity contribution in [1.29, 1.82) is 0 Å². The highest BCUT2D eigenvalue weighted by Crippen LogP contribution is 2.38. The number of carbonyl (C=O) groups excluding carboxylic acids is 1. The van der Waals surface area contributed by atoms with Crippen LogP contribution in [0, 0.1) is 5.92 Å². The van der Waals surface area contributed by atoms with Gasteiger partial charge in [0.1, 0.15) is 5.60 Å². The zero-order valence-electron chi connectivity index (χ0n) is 16.1. The van der Waals surface area contributed by atoms with Crippen LogP contribution in [0.15, 0.2) is 47.7 Å². The van der Waals surface area contributed by atoms with Gasteiger partial charge in [-0.15, -0.1) is 0 Å². The van der Waals surface area contributed by atoms with Crippen molar-refractivity contribution < 1.29 is 14.3 Å². The average Bonchev–Trinajstić information content (AvgIpc) is 2.70. The molecule has 0 saturated carbocycles. The molecule has 3 aliphatic heterocycles. The number of benzene rings is 1. The van der Waals surface area contributed by atoms with Gasteiger partial charge in [0, 0.05) is 30.3 Å². The lowest BCUT2D eigenvalue weighted by Crippen LogP contribution is -2.57. The summed E-state index contributed by atoms with van der Waals surface area (Å²) in [6.45, 7) is 6.33. The van der Waals surface area contributed by atoms with Crippen LogP contribution in [0.5, 0.6) is 0 Å². The van der Waals surface area contributed by atoms with Crippen molar-refractivity contribution in [3.63, 3.8) is 0 Å². The molecule has 1 amide bonds. The normalized spacial score (nSPS) is 29.7. The number of carbonyl (C=O) groups is 1. The van der Waals surface area contributed by atoms with Gasteiger partial charge in [0.15, 0.2) is 0 Å². The molecule has 27 heavy (non-hydrogen) atoms. The number of hydrogen-bond acceptors (Lipinski definition) is 4. The number of amides is 1. The highest BCUT2D eigenvalue weighted by atomic mass is 16.5. The van der Waals surface area contributed by atoms with Gasteiger partial charge in [0.05, 0.1) is 19.0 Å². The first kappa shape index (κ1) is 18.3. The van der Waals surface area contributed by atoms with Crippen LogP contribution in [0.4, 0.5) is 5.69 Å². The molecule has 1 aliphatic carbocycles. The Labute approximate surface area is 160 Å². The molecular weight excluding hydrogens is 340 g/mol. The molecule has 1 aromatic carbocycles. The summed E-state index contributed by atoms with van der Waals surface area (Å²) < 4.78 is 11.7. The Morgan fingerprint density at radius 2 is 2.15 bits per heavy atom. The van der Waals surface area contributed by atoms with Gasteiger partial charge < -0.3 is 20.1 Å². The summed E-state index contributed by atoms with van der Waals surface area (Å²) in [5, 5.41) is 6.57. The monoisotopic (exact) mass is 368 g/mol. The summed E-state index contributed by atoms with van der Waals surface area (Å²) in [5.41, 5.74) is 2.57. The largest absolute Gasteiger partial charge is 0.498 e. The topological polar surface area (TPSA) is 59.6 Å². The van der Waals surface area contributed by atoms with E-state index in [0.29, 0.717) is 12.6 Å². The number of morpholine rings is 1. The zero-order chi connectivity index (χ0) is 18.9. The minimum absolute atomic E-state index is 0.0451. The third-order valence-corrected chi connectivity index (χ3v) is 5.88. The van der Waals surface area contributed by atoms with Crippen molar-refractivity contribution >= 4 is 11.6 Å². The first-order chi connectivity index (χ1) is 13.1. The summed E-state index contributed by atoms with van der Waals surface area (Å²) in [5.74, 6) is 1.05. The van der Waals surface area contributed by atoms with Crippen molar-refractivity contribution in [2.45, 2.75) is 44.8 Å². The molecule has 3 saturated heterocycles. The standard InChI is InChI=1S/C22H28N2O3/c1-3-26-19-8-9-20(15(2)12-19)21(25)24-17-6-4-16(5-7-17)22-11-10-18(13-27-22)23-14-22/h4-9,15,18,23H,3,10-14H2,1-2H3,(H,24,25). The fourth-order valence-electron chi connectivity index (χ4n) is 4.24. The van der Waals surface area contributed by atoms with E-state index in [2.05, 4.69) is 29.7 Å². The molecule has 4 aliphatic rings. The fraction of sp³-hybridized carbons (Fsp3) is 0.500. The maximum absolute atomic E-state index is 12.7. The Morgan fingerprint density at radius 1 is 1.33 bits per heavy atom. The van der Waals surface area contributed by atoms with Crippen LogP contribution >= 0.6 is 0 Å². The number of nitrogens with one attached hydrogen (secondary N) is 2. The van der Waals surface area contributed by atoms with Crippen LogP contribution in [0.1, 0.15) is 38.7 Å². The second-order valence-electron chi connectivity index (χ2n) is 7.75. The van der Waals surface area contributed by atoms with Gasteiger partial charge in [0.2, 0.25) is 0 Å². The molecular formula is C22H28N2O3. The lowest BCUT2D eigenvalue weighted by Gasteiger charge is -2.47. The molecule has 0 aromatic heterocycles. The summed E-state index contributed by atoms with van der Waals surface area (Å²) in [7, 11) is 0. The molecule has 5 rings (SSSR count). The van der Waals surface area contributed by atoms with Crippen LogP contribution < -0.4 is 10.6 Å². The number of fused-ring (bicyclic) bond motifs is 3. The Hall–Kier alpha value is -2.11. The van der Waals surface area contributed by atoms with E-state index in [0.717, 1.165) is 49.4 Å². The van der Waals surface area contributed by atoms with E-state index >= 15 is 0 Å². The number of ether oxygens (including phenoxy) is 2. The first-order valence-corrected chi connectivity index (χ1v) is 9.92. The summed E-state index contributed by atoms with van der Waals surface area (Å²) in [4.78, 5) is 12.7. The van der Waals surface area contributed by atoms with Crippen molar-refractivity contribution in [2.75, 3.05) is 25.1 Å². The molecule has 3 heterocycles. The lowest BCUT2D eigenvalue weighted by atomic mass is 9.81. The highest BCUT2D eigenvalue weighted by molar-refractivity contribution is 6.04. The van der Waals surface area contributed by atoms with Gasteiger partial charge in [-0.05, 0) is 55.5 Å². The van der Waals surface area contributed by atoms with Gasteiger partial charge in [-0.2, -0.15) is 0 Å². The molecule has 5 nitrogen and oxygen atoms in total. The predicted octanol–water partition coefficient (Wildman–Crippen LogP) is 3.49. The molecule has 2 bridgehead atoms. The molecule has 0 radical (unpaired) electrons. The molecule has 3 fully saturated rings. The minimum Gasteiger partial charge on any atom is -0.498 e. The third kappa shape index (κ3) is 3.66. The average molecular weight is 368 g/mol. The van der Waals surface area contributed by atoms with E-state index in [-0.39, 0.29) is 17.4 Å². The van der Waals surface area contributed by atoms with Crippen LogP contribution in [0.25, 0.3) is 0 Å². The van der Waals surface area contributed by atoms with Crippen molar-refractivity contribution in [1.82, 2.24) is 5.32 Å². The number of piperidine rings is 1. The van der Waals surface area contributed by atoms with Gasteiger partial charge in [-0.25, -0.2) is 0 Å². The molecule has 3 unspecified atom stereocenters. The fourth-order valence-corrected chi connectivity index (χ4v) is 4.24. The van der Waals surface area contributed by atoms with Gasteiger partial charge >= 0.3 is 0 Å². The van der Waals surface area contributed by atoms with Crippen LogP contribution in [-0.4, -0.2) is 31.7 Å². The van der Waals surface area contributed by atoms with E-state index < -0.39 is 0 Å². The number of anilines is 1. The smallest absolute Gasteiger partial charge is 0.251 e. The molecule has 2 N–H and O–H groups in total. The second kappa shape index (κ2) is 7.49. The van der Waals surface area contributed by atoms with Crippen molar-refractivity contribution in [3.05, 3.63) is 53.3 Å². The number of allylic oxidation sites excluding steroid dienone is 3. The molecule has 3 atom stereocenters. The maximum atomic E-state index is 12.7. The van der Waals surface area contributed by atoms with Gasteiger partial charge in [-0.3, -0.25) is 4.79 Å². The van der Waals surface area contributed by atoms with E-state index in [1.54, 1.807) is 0 Å². The summed E-state index contributed by atoms with van der Waals surface area (Å²) in [6, 6.07) is 8.61. The lowest BCUT2D eigenvalue weighted by molar-refractivity contribution is -0.129. The SMILES string of the molecule is CCOC1=CC=C(C(=O)Nc2ccc(C34CCC(CO3)NC4)cc2)C(C)C1. The van der Waals surface area contributed by atoms with E-state index in [1.165, 1.54) is 5.56 Å². The summed E-state index contributed by atoms with van der Waals surface area (Å²) in [6.07, 6.45) is 6.75. The molecule has 144 valence electrons. The minimum atomic E-state index is -0.210. The van der Waals surface area contributed by atoms with Crippen LogP contribution in [0.2, 0.25) is 0 Å². The van der Waals surface area contributed by atoms with E-state index in [1.807, 2.05) is 31.2 Å². The van der Waals surface area contributed by atoms with Crippen LogP contribution in [0.3, 0.4) is 0 Å². The Bertz CT molecular complexity index is 744. The highest BCUT2D eigenvalue weighted by Gasteiger charge is 2.42. The first-order valence-electron chi connectivity index (χ1n) is 9.92. The predicted molar refractivity (Wildman–Crippen MR) is 105 cm³/mol. The van der Waals surface area contributed by atoms with E-state index in [9.17, 15) is 4.79 Å². The Kier molecular flexibility index (Phi) is 5.06. The molecule has 0 spiro atoms. The van der Waals surface area contributed by atoms with Crippen molar-refractivity contribution in [3.8, 4) is 0 Å². The second-order valence-corrected chi connectivity index (χ2v) is 7.75. The maximum Gasteiger partial charge on any atom is 0.251 e. The third-order valence-electron chi connectivity index (χ3n) is 5.88. The summed E-state index contributed by atoms with van der Waals surface area (Å²) >= 11 is 0. The van der Waals surface area contributed by atoms with Crippen molar-refractivity contribution in [2.24, 2.45) is 5.92 Å². The number of hydrogen-bond donors (Lipinski definition) is 2. The van der Waals surface area contributed by atoms with Crippen LogP contribution in [-0.2, 0) is 19.9 Å². The zero-order valence-corrected chi connectivity index (χ0v) is 16.1. The molecule has 1 aromatic rings. The Balaban J connectivity index is 1.43. The van der Waals surface area contributed by atoms with Gasteiger partial charge in [0.25, 0.3) is 5.91 Å². The molecule has 5 heteroatoms. The van der Waals surface area contributed by atoms with E-state index in [4.69, 9.17) is 9.47 Å².